The van der Waals surface area contributed by atoms with Gasteiger partial charge in [-0.2, -0.15) is 0 Å². The van der Waals surface area contributed by atoms with Gasteiger partial charge in [-0.1, -0.05) is 19.9 Å². The van der Waals surface area contributed by atoms with Gasteiger partial charge in [-0.15, -0.1) is 0 Å². The second-order valence-corrected chi connectivity index (χ2v) is 5.41. The maximum absolute atomic E-state index is 12.1. The number of hydrogen-bond donors (Lipinski definition) is 2. The smallest absolute Gasteiger partial charge is 0.407 e. The molecule has 0 aliphatic carbocycles. The fraction of sp³-hybridized carbons (Fsp3) is 0.643. The van der Waals surface area contributed by atoms with Crippen molar-refractivity contribution in [1.82, 2.24) is 10.2 Å². The van der Waals surface area contributed by atoms with E-state index in [1.165, 1.54) is 13.2 Å². The van der Waals surface area contributed by atoms with Crippen LogP contribution < -0.4 is 5.32 Å². The summed E-state index contributed by atoms with van der Waals surface area (Å²) in [5.41, 5.74) is 0. The first-order chi connectivity index (χ1) is 9.85. The number of nitrogens with one attached hydrogen (secondary N) is 1. The van der Waals surface area contributed by atoms with Crippen molar-refractivity contribution in [3.05, 3.63) is 12.2 Å². The summed E-state index contributed by atoms with van der Waals surface area (Å²) < 4.78 is 4.51. The lowest BCUT2D eigenvalue weighted by atomic mass is 10.00. The summed E-state index contributed by atoms with van der Waals surface area (Å²) in [5, 5.41) is 11.7. The van der Waals surface area contributed by atoms with E-state index in [-0.39, 0.29) is 11.9 Å². The van der Waals surface area contributed by atoms with Gasteiger partial charge in [0.25, 0.3) is 0 Å². The molecule has 0 radical (unpaired) electrons. The highest BCUT2D eigenvalue weighted by molar-refractivity contribution is 5.87. The van der Waals surface area contributed by atoms with Crippen molar-refractivity contribution in [3.63, 3.8) is 0 Å². The fourth-order valence-corrected chi connectivity index (χ4v) is 2.12. The monoisotopic (exact) mass is 298 g/mol. The van der Waals surface area contributed by atoms with E-state index in [1.807, 2.05) is 13.8 Å². The first-order valence-electron chi connectivity index (χ1n) is 6.91. The SMILES string of the molecule is COC(=O)C=C[C@H](CC(C)C)NC(=O)[C@@H]1CCN1C(=O)O. The summed E-state index contributed by atoms with van der Waals surface area (Å²) in [6.07, 6.45) is 2.93. The number of likely N-dealkylation sites (tertiary alicyclic amines) is 1. The van der Waals surface area contributed by atoms with Crippen molar-refractivity contribution in [2.24, 2.45) is 5.92 Å². The molecule has 0 unspecified atom stereocenters. The van der Waals surface area contributed by atoms with Crippen LogP contribution in [0.2, 0.25) is 0 Å². The second-order valence-electron chi connectivity index (χ2n) is 5.41. The summed E-state index contributed by atoms with van der Waals surface area (Å²) in [6.45, 7) is 4.37. The number of nitrogens with zero attached hydrogens (tertiary/aromatic N) is 1. The number of hydrogen-bond acceptors (Lipinski definition) is 4. The van der Waals surface area contributed by atoms with Crippen LogP contribution in [-0.4, -0.2) is 53.7 Å². The number of methoxy groups -OCH3 is 1. The van der Waals surface area contributed by atoms with E-state index < -0.39 is 18.1 Å². The molecule has 0 aromatic carbocycles. The number of carbonyl (C=O) groups is 3. The molecule has 0 bridgehead atoms. The predicted molar refractivity (Wildman–Crippen MR) is 75.7 cm³/mol. The van der Waals surface area contributed by atoms with E-state index in [2.05, 4.69) is 10.1 Å². The summed E-state index contributed by atoms with van der Waals surface area (Å²) in [6, 6.07) is -0.962. The van der Waals surface area contributed by atoms with Crippen LogP contribution in [0.15, 0.2) is 12.2 Å². The summed E-state index contributed by atoms with van der Waals surface area (Å²) in [4.78, 5) is 35.2. The van der Waals surface area contributed by atoms with E-state index >= 15 is 0 Å². The van der Waals surface area contributed by atoms with Crippen LogP contribution in [0, 0.1) is 5.92 Å². The van der Waals surface area contributed by atoms with Gasteiger partial charge < -0.3 is 15.2 Å². The van der Waals surface area contributed by atoms with Crippen molar-refractivity contribution in [2.75, 3.05) is 13.7 Å². The Balaban J connectivity index is 2.63. The van der Waals surface area contributed by atoms with Crippen molar-refractivity contribution < 1.29 is 24.2 Å². The largest absolute Gasteiger partial charge is 0.466 e. The Morgan fingerprint density at radius 3 is 2.52 bits per heavy atom. The average Bonchev–Trinajstić information content (AvgIpc) is 2.32. The number of ether oxygens (including phenoxy) is 1. The fourth-order valence-electron chi connectivity index (χ4n) is 2.12. The number of carbonyl (C=O) groups excluding carboxylic acids is 2. The third kappa shape index (κ3) is 5.09. The Bertz CT molecular complexity index is 433. The number of amides is 2. The van der Waals surface area contributed by atoms with Gasteiger partial charge in [0, 0.05) is 18.7 Å². The minimum Gasteiger partial charge on any atom is -0.466 e. The molecule has 1 fully saturated rings. The quantitative estimate of drug-likeness (QED) is 0.563. The maximum Gasteiger partial charge on any atom is 0.407 e. The topological polar surface area (TPSA) is 95.9 Å². The third-order valence-corrected chi connectivity index (χ3v) is 3.29. The van der Waals surface area contributed by atoms with Gasteiger partial charge in [-0.05, 0) is 18.8 Å². The van der Waals surface area contributed by atoms with Crippen molar-refractivity contribution >= 4 is 18.0 Å². The maximum atomic E-state index is 12.1. The zero-order chi connectivity index (χ0) is 16.0. The highest BCUT2D eigenvalue weighted by atomic mass is 16.5. The Morgan fingerprint density at radius 1 is 1.43 bits per heavy atom. The molecule has 2 N–H and O–H groups in total. The van der Waals surface area contributed by atoms with Crippen molar-refractivity contribution in [3.8, 4) is 0 Å². The summed E-state index contributed by atoms with van der Waals surface area (Å²) in [5.74, 6) is -0.507. The summed E-state index contributed by atoms with van der Waals surface area (Å²) in [7, 11) is 1.28. The van der Waals surface area contributed by atoms with Gasteiger partial charge in [0.1, 0.15) is 6.04 Å². The minimum atomic E-state index is -1.09. The standard InChI is InChI=1S/C14H22N2O5/c1-9(2)8-10(4-5-12(17)21-3)15-13(18)11-6-7-16(11)14(19)20/h4-5,9-11H,6-8H2,1-3H3,(H,15,18)(H,19,20)/t10-,11+/m1/s1. The number of esters is 1. The Morgan fingerprint density at radius 2 is 2.10 bits per heavy atom. The molecule has 1 aliphatic heterocycles. The summed E-state index contributed by atoms with van der Waals surface area (Å²) >= 11 is 0. The van der Waals surface area contributed by atoms with Crippen molar-refractivity contribution in [1.29, 1.82) is 0 Å². The van der Waals surface area contributed by atoms with E-state index in [0.29, 0.717) is 25.3 Å². The molecule has 0 spiro atoms. The van der Waals surface area contributed by atoms with E-state index in [4.69, 9.17) is 5.11 Å². The molecule has 7 heteroatoms. The lowest BCUT2D eigenvalue weighted by Gasteiger charge is -2.38. The zero-order valence-corrected chi connectivity index (χ0v) is 12.5. The van der Waals surface area contributed by atoms with Gasteiger partial charge in [-0.25, -0.2) is 9.59 Å². The van der Waals surface area contributed by atoms with Crippen molar-refractivity contribution in [2.45, 2.75) is 38.8 Å². The average molecular weight is 298 g/mol. The highest BCUT2D eigenvalue weighted by Crippen LogP contribution is 2.18. The molecule has 2 atom stereocenters. The molecular weight excluding hydrogens is 276 g/mol. The first-order valence-corrected chi connectivity index (χ1v) is 6.91. The van der Waals surface area contributed by atoms with Crippen LogP contribution in [-0.2, 0) is 14.3 Å². The minimum absolute atomic E-state index is 0.314. The third-order valence-electron chi connectivity index (χ3n) is 3.29. The molecule has 1 heterocycles. The lowest BCUT2D eigenvalue weighted by Crippen LogP contribution is -2.59. The van der Waals surface area contributed by atoms with Gasteiger partial charge in [0.2, 0.25) is 5.91 Å². The van der Waals surface area contributed by atoms with Gasteiger partial charge in [0.05, 0.1) is 7.11 Å². The van der Waals surface area contributed by atoms with Crippen LogP contribution in [0.1, 0.15) is 26.7 Å². The Hall–Kier alpha value is -2.05. The second kappa shape index (κ2) is 7.66. The highest BCUT2D eigenvalue weighted by Gasteiger charge is 2.38. The zero-order valence-electron chi connectivity index (χ0n) is 12.5. The normalized spacial score (nSPS) is 19.2. The van der Waals surface area contributed by atoms with Gasteiger partial charge in [-0.3, -0.25) is 9.69 Å². The van der Waals surface area contributed by atoms with E-state index in [0.717, 1.165) is 4.90 Å². The van der Waals surface area contributed by atoms with Crippen LogP contribution in [0.5, 0.6) is 0 Å². The van der Waals surface area contributed by atoms with E-state index in [1.54, 1.807) is 6.08 Å². The van der Waals surface area contributed by atoms with Crippen LogP contribution in [0.25, 0.3) is 0 Å². The molecule has 0 aromatic rings. The predicted octanol–water partition coefficient (Wildman–Crippen LogP) is 0.999. The lowest BCUT2D eigenvalue weighted by molar-refractivity contribution is -0.135. The molecule has 1 rings (SSSR count). The molecule has 21 heavy (non-hydrogen) atoms. The van der Waals surface area contributed by atoms with Crippen LogP contribution >= 0.6 is 0 Å². The molecule has 1 aliphatic rings. The molecule has 0 aromatic heterocycles. The molecular formula is C14H22N2O5. The Kier molecular flexibility index (Phi) is 6.20. The molecule has 7 nitrogen and oxygen atoms in total. The first kappa shape index (κ1) is 17.0. The molecule has 2 amide bonds. The number of carboxylic acid groups (broad SMARTS) is 1. The van der Waals surface area contributed by atoms with Gasteiger partial charge in [0.15, 0.2) is 0 Å². The van der Waals surface area contributed by atoms with Crippen LogP contribution in [0.3, 0.4) is 0 Å². The van der Waals surface area contributed by atoms with Gasteiger partial charge >= 0.3 is 12.1 Å². The van der Waals surface area contributed by atoms with Crippen LogP contribution in [0.4, 0.5) is 4.79 Å². The molecule has 1 saturated heterocycles. The Labute approximate surface area is 123 Å². The number of rotatable bonds is 6. The molecule has 118 valence electrons. The van der Waals surface area contributed by atoms with E-state index in [9.17, 15) is 14.4 Å². The molecule has 0 saturated carbocycles.